The van der Waals surface area contributed by atoms with Crippen molar-refractivity contribution in [3.8, 4) is 0 Å². The highest BCUT2D eigenvalue weighted by Gasteiger charge is 2.21. The fourth-order valence-electron chi connectivity index (χ4n) is 3.57. The minimum absolute atomic E-state index is 0.421. The summed E-state index contributed by atoms with van der Waals surface area (Å²) in [6, 6.07) is 8.36. The molecule has 1 aliphatic rings. The number of fused-ring (bicyclic) bond motifs is 1. The Morgan fingerprint density at radius 1 is 1.31 bits per heavy atom. The first-order valence-electron chi connectivity index (χ1n) is 9.19. The van der Waals surface area contributed by atoms with Crippen LogP contribution in [-0.4, -0.2) is 45.1 Å². The van der Waals surface area contributed by atoms with Gasteiger partial charge >= 0.3 is 0 Å². The van der Waals surface area contributed by atoms with Crippen molar-refractivity contribution in [1.29, 1.82) is 0 Å². The van der Waals surface area contributed by atoms with Crippen molar-refractivity contribution in [2.24, 2.45) is 0 Å². The molecule has 6 heteroatoms. The van der Waals surface area contributed by atoms with E-state index in [1.807, 2.05) is 43.5 Å². The van der Waals surface area contributed by atoms with Crippen LogP contribution in [-0.2, 0) is 6.54 Å². The molecule has 0 unspecified atom stereocenters. The molecule has 0 amide bonds. The van der Waals surface area contributed by atoms with E-state index < -0.39 is 0 Å². The topological polar surface area (TPSA) is 59.1 Å². The lowest BCUT2D eigenvalue weighted by Gasteiger charge is -2.31. The third-order valence-electron chi connectivity index (χ3n) is 4.92. The molecule has 4 rings (SSSR count). The summed E-state index contributed by atoms with van der Waals surface area (Å²) in [7, 11) is 0. The number of hydrogen-bond acceptors (Lipinski definition) is 5. The van der Waals surface area contributed by atoms with E-state index in [1.54, 1.807) is 0 Å². The van der Waals surface area contributed by atoms with Crippen molar-refractivity contribution in [1.82, 2.24) is 19.4 Å². The zero-order chi connectivity index (χ0) is 17.9. The molecule has 3 aromatic heterocycles. The van der Waals surface area contributed by atoms with Crippen LogP contribution in [0, 0.1) is 6.92 Å². The molecule has 26 heavy (non-hydrogen) atoms. The molecule has 4 heterocycles. The van der Waals surface area contributed by atoms with Gasteiger partial charge in [0.15, 0.2) is 5.65 Å². The molecule has 0 radical (unpaired) electrons. The van der Waals surface area contributed by atoms with Crippen LogP contribution in [0.4, 0.5) is 5.95 Å². The third kappa shape index (κ3) is 3.51. The summed E-state index contributed by atoms with van der Waals surface area (Å²) in [5, 5.41) is 3.65. The smallest absolute Gasteiger partial charge is 0.205 e. The highest BCUT2D eigenvalue weighted by atomic mass is 16.3. The lowest BCUT2D eigenvalue weighted by molar-refractivity contribution is 0.240. The van der Waals surface area contributed by atoms with Crippen molar-refractivity contribution in [2.45, 2.75) is 32.4 Å². The Hall–Kier alpha value is -2.60. The van der Waals surface area contributed by atoms with Crippen molar-refractivity contribution in [3.05, 3.63) is 54.6 Å². The fraction of sp³-hybridized carbons (Fsp3) is 0.400. The molecule has 1 fully saturated rings. The van der Waals surface area contributed by atoms with E-state index in [4.69, 9.17) is 9.40 Å². The van der Waals surface area contributed by atoms with Crippen molar-refractivity contribution in [3.63, 3.8) is 0 Å². The first-order valence-corrected chi connectivity index (χ1v) is 9.19. The highest BCUT2D eigenvalue weighted by molar-refractivity contribution is 5.74. The molecule has 1 saturated heterocycles. The SMILES string of the molecule is C=CCN1CCC(Nc2nc3cccnc3n2Cc2ccc(C)o2)CC1. The number of hydrogen-bond donors (Lipinski definition) is 1. The predicted octanol–water partition coefficient (Wildman–Crippen LogP) is 3.44. The molecule has 0 saturated carbocycles. The Morgan fingerprint density at radius 2 is 2.15 bits per heavy atom. The van der Waals surface area contributed by atoms with Gasteiger partial charge in [-0.3, -0.25) is 9.47 Å². The van der Waals surface area contributed by atoms with Gasteiger partial charge in [0.05, 0.1) is 6.54 Å². The minimum atomic E-state index is 0.421. The molecule has 3 aromatic rings. The number of piperidine rings is 1. The lowest BCUT2D eigenvalue weighted by atomic mass is 10.1. The zero-order valence-corrected chi connectivity index (χ0v) is 15.2. The van der Waals surface area contributed by atoms with Gasteiger partial charge in [-0.15, -0.1) is 6.58 Å². The number of rotatable bonds is 6. The maximum absolute atomic E-state index is 5.77. The Kier molecular flexibility index (Phi) is 4.75. The van der Waals surface area contributed by atoms with Crippen molar-refractivity contribution < 1.29 is 4.42 Å². The number of likely N-dealkylation sites (tertiary alicyclic amines) is 1. The molecular formula is C20H25N5O. The first-order chi connectivity index (χ1) is 12.7. The second kappa shape index (κ2) is 7.33. The second-order valence-corrected chi connectivity index (χ2v) is 6.89. The van der Waals surface area contributed by atoms with Gasteiger partial charge in [0.2, 0.25) is 5.95 Å². The average molecular weight is 351 g/mol. The van der Waals surface area contributed by atoms with Crippen LogP contribution in [0.15, 0.2) is 47.5 Å². The van der Waals surface area contributed by atoms with Crippen LogP contribution in [0.5, 0.6) is 0 Å². The summed E-state index contributed by atoms with van der Waals surface area (Å²) in [6.07, 6.45) is 5.99. The van der Waals surface area contributed by atoms with Crippen molar-refractivity contribution in [2.75, 3.05) is 25.0 Å². The number of pyridine rings is 1. The molecule has 0 aliphatic carbocycles. The summed E-state index contributed by atoms with van der Waals surface area (Å²) in [5.74, 6) is 2.70. The number of nitrogens with one attached hydrogen (secondary N) is 1. The molecule has 0 aromatic carbocycles. The standard InChI is InChI=1S/C20H25N5O/c1-3-11-24-12-8-16(9-13-24)22-20-23-18-5-4-10-21-19(18)25(20)14-17-7-6-15(2)26-17/h3-7,10,16H,1,8-9,11-14H2,2H3,(H,22,23). The van der Waals surface area contributed by atoms with Gasteiger partial charge in [-0.1, -0.05) is 6.08 Å². The molecule has 1 aliphatic heterocycles. The van der Waals surface area contributed by atoms with E-state index in [0.717, 1.165) is 61.1 Å². The third-order valence-corrected chi connectivity index (χ3v) is 4.92. The average Bonchev–Trinajstić information content (AvgIpc) is 3.21. The number of furan rings is 1. The molecule has 0 atom stereocenters. The van der Waals surface area contributed by atoms with Crippen LogP contribution in [0.2, 0.25) is 0 Å². The van der Waals surface area contributed by atoms with E-state index in [0.29, 0.717) is 12.6 Å². The van der Waals surface area contributed by atoms with Gasteiger partial charge in [0.25, 0.3) is 0 Å². The van der Waals surface area contributed by atoms with Crippen LogP contribution < -0.4 is 5.32 Å². The van der Waals surface area contributed by atoms with E-state index in [-0.39, 0.29) is 0 Å². The van der Waals surface area contributed by atoms with Gasteiger partial charge in [0, 0.05) is 31.9 Å². The summed E-state index contributed by atoms with van der Waals surface area (Å²) < 4.78 is 7.89. The van der Waals surface area contributed by atoms with Gasteiger partial charge < -0.3 is 9.73 Å². The Bertz CT molecular complexity index is 889. The highest BCUT2D eigenvalue weighted by Crippen LogP contribution is 2.23. The number of aryl methyl sites for hydroxylation is 1. The van der Waals surface area contributed by atoms with Crippen LogP contribution >= 0.6 is 0 Å². The zero-order valence-electron chi connectivity index (χ0n) is 15.2. The largest absolute Gasteiger partial charge is 0.464 e. The van der Waals surface area contributed by atoms with Crippen LogP contribution in [0.3, 0.4) is 0 Å². The summed E-state index contributed by atoms with van der Waals surface area (Å²) >= 11 is 0. The van der Waals surface area contributed by atoms with E-state index in [1.165, 1.54) is 0 Å². The Morgan fingerprint density at radius 3 is 2.88 bits per heavy atom. The van der Waals surface area contributed by atoms with E-state index in [2.05, 4.69) is 26.3 Å². The van der Waals surface area contributed by atoms with Gasteiger partial charge in [0.1, 0.15) is 17.0 Å². The van der Waals surface area contributed by atoms with Crippen LogP contribution in [0.25, 0.3) is 11.2 Å². The summed E-state index contributed by atoms with van der Waals surface area (Å²) in [6.45, 7) is 9.55. The van der Waals surface area contributed by atoms with E-state index >= 15 is 0 Å². The monoisotopic (exact) mass is 351 g/mol. The minimum Gasteiger partial charge on any atom is -0.464 e. The normalized spacial score (nSPS) is 16.2. The second-order valence-electron chi connectivity index (χ2n) is 6.89. The predicted molar refractivity (Wildman–Crippen MR) is 103 cm³/mol. The Labute approximate surface area is 153 Å². The maximum atomic E-state index is 5.77. The number of anilines is 1. The van der Waals surface area contributed by atoms with E-state index in [9.17, 15) is 0 Å². The number of nitrogens with zero attached hydrogens (tertiary/aromatic N) is 4. The lowest BCUT2D eigenvalue weighted by Crippen LogP contribution is -2.39. The molecule has 0 bridgehead atoms. The molecule has 136 valence electrons. The van der Waals surface area contributed by atoms with Gasteiger partial charge in [-0.2, -0.15) is 0 Å². The molecule has 0 spiro atoms. The maximum Gasteiger partial charge on any atom is 0.205 e. The molecule has 6 nitrogen and oxygen atoms in total. The van der Waals surface area contributed by atoms with Crippen molar-refractivity contribution >= 4 is 17.1 Å². The number of aromatic nitrogens is 3. The molecule has 1 N–H and O–H groups in total. The summed E-state index contributed by atoms with van der Waals surface area (Å²) in [4.78, 5) is 11.7. The van der Waals surface area contributed by atoms with Gasteiger partial charge in [-0.25, -0.2) is 9.97 Å². The van der Waals surface area contributed by atoms with Crippen LogP contribution in [0.1, 0.15) is 24.4 Å². The molecular weight excluding hydrogens is 326 g/mol. The quantitative estimate of drug-likeness (QED) is 0.690. The fourth-order valence-corrected chi connectivity index (χ4v) is 3.57. The summed E-state index contributed by atoms with van der Waals surface area (Å²) in [5.41, 5.74) is 1.79. The first kappa shape index (κ1) is 16.8. The number of imidazole rings is 1. The van der Waals surface area contributed by atoms with Gasteiger partial charge in [-0.05, 0) is 44.0 Å². The Balaban J connectivity index is 1.56.